The van der Waals surface area contributed by atoms with Crippen LogP contribution in [0.1, 0.15) is 48.9 Å². The molecule has 0 saturated carbocycles. The molecule has 0 saturated heterocycles. The molecule has 1 amide bonds. The van der Waals surface area contributed by atoms with E-state index >= 15 is 0 Å². The molecule has 0 unspecified atom stereocenters. The number of hydrogen-bond acceptors (Lipinski definition) is 2. The largest absolute Gasteiger partial charge is 0.489 e. The van der Waals surface area contributed by atoms with Gasteiger partial charge in [-0.3, -0.25) is 4.79 Å². The van der Waals surface area contributed by atoms with E-state index in [0.717, 1.165) is 17.7 Å². The Hall–Kier alpha value is -2.43. The Morgan fingerprint density at radius 3 is 2.52 bits per heavy atom. The first kappa shape index (κ1) is 18.9. The summed E-state index contributed by atoms with van der Waals surface area (Å²) in [6.45, 7) is 5.95. The Balaban J connectivity index is 2.21. The lowest BCUT2D eigenvalue weighted by atomic mass is 10.1. The van der Waals surface area contributed by atoms with E-state index in [2.05, 4.69) is 18.3 Å². The van der Waals surface area contributed by atoms with Gasteiger partial charge >= 0.3 is 0 Å². The molecule has 0 radical (unpaired) electrons. The van der Waals surface area contributed by atoms with E-state index in [9.17, 15) is 13.6 Å². The lowest BCUT2D eigenvalue weighted by Gasteiger charge is -2.15. The van der Waals surface area contributed by atoms with Gasteiger partial charge in [0.05, 0.1) is 0 Å². The highest BCUT2D eigenvalue weighted by molar-refractivity contribution is 5.91. The number of nitrogens with one attached hydrogen (secondary N) is 1. The second-order valence-corrected chi connectivity index (χ2v) is 5.86. The minimum Gasteiger partial charge on any atom is -0.489 e. The molecule has 2 aromatic carbocycles. The van der Waals surface area contributed by atoms with Crippen LogP contribution in [-0.4, -0.2) is 5.91 Å². The summed E-state index contributed by atoms with van der Waals surface area (Å²) in [4.78, 5) is 11.7. The van der Waals surface area contributed by atoms with Crippen LogP contribution in [0.25, 0.3) is 0 Å². The first-order valence-electron chi connectivity index (χ1n) is 8.37. The van der Waals surface area contributed by atoms with Crippen LogP contribution in [0.2, 0.25) is 0 Å². The number of benzene rings is 2. The van der Waals surface area contributed by atoms with Gasteiger partial charge in [0.2, 0.25) is 5.91 Å². The number of amides is 1. The van der Waals surface area contributed by atoms with Gasteiger partial charge in [0, 0.05) is 23.2 Å². The van der Waals surface area contributed by atoms with E-state index in [4.69, 9.17) is 4.74 Å². The summed E-state index contributed by atoms with van der Waals surface area (Å²) in [5, 5.41) is 2.67. The first-order chi connectivity index (χ1) is 11.9. The van der Waals surface area contributed by atoms with E-state index in [1.54, 1.807) is 13.0 Å². The minimum absolute atomic E-state index is 0.126. The van der Waals surface area contributed by atoms with Crippen LogP contribution in [-0.2, 0) is 17.8 Å². The normalized spacial score (nSPS) is 10.8. The van der Waals surface area contributed by atoms with Crippen molar-refractivity contribution in [3.63, 3.8) is 0 Å². The van der Waals surface area contributed by atoms with Gasteiger partial charge in [-0.25, -0.2) is 8.78 Å². The molecule has 0 aliphatic carbocycles. The molecule has 134 valence electrons. The summed E-state index contributed by atoms with van der Waals surface area (Å²) in [6.07, 6.45) is -1.36. The molecule has 0 aliphatic heterocycles. The van der Waals surface area contributed by atoms with E-state index in [0.29, 0.717) is 11.3 Å². The Kier molecular flexibility index (Phi) is 6.51. The van der Waals surface area contributed by atoms with Crippen LogP contribution in [0.4, 0.5) is 14.5 Å². The number of alkyl halides is 2. The maximum Gasteiger partial charge on any atom is 0.263 e. The summed E-state index contributed by atoms with van der Waals surface area (Å²) >= 11 is 0. The van der Waals surface area contributed by atoms with Crippen molar-refractivity contribution in [2.24, 2.45) is 0 Å². The van der Waals surface area contributed by atoms with Crippen molar-refractivity contribution >= 4 is 11.6 Å². The molecule has 0 spiro atoms. The molecule has 0 heterocycles. The van der Waals surface area contributed by atoms with E-state index in [1.165, 1.54) is 17.7 Å². The van der Waals surface area contributed by atoms with Gasteiger partial charge in [-0.1, -0.05) is 38.1 Å². The van der Waals surface area contributed by atoms with Crippen LogP contribution >= 0.6 is 0 Å². The zero-order valence-corrected chi connectivity index (χ0v) is 14.7. The summed E-state index contributed by atoms with van der Waals surface area (Å²) in [7, 11) is 0. The molecule has 0 aromatic heterocycles. The Bertz CT molecular complexity index is 744. The lowest BCUT2D eigenvalue weighted by molar-refractivity contribution is -0.115. The van der Waals surface area contributed by atoms with Gasteiger partial charge in [0.25, 0.3) is 6.43 Å². The van der Waals surface area contributed by atoms with Crippen molar-refractivity contribution < 1.29 is 18.3 Å². The fraction of sp³-hybridized carbons (Fsp3) is 0.350. The Morgan fingerprint density at radius 1 is 1.16 bits per heavy atom. The maximum absolute atomic E-state index is 12.9. The van der Waals surface area contributed by atoms with Crippen molar-refractivity contribution in [1.29, 1.82) is 0 Å². The van der Waals surface area contributed by atoms with Crippen molar-refractivity contribution in [3.05, 3.63) is 58.7 Å². The van der Waals surface area contributed by atoms with E-state index in [1.807, 2.05) is 19.1 Å². The highest BCUT2D eigenvalue weighted by atomic mass is 19.3. The van der Waals surface area contributed by atoms with Crippen LogP contribution in [0.3, 0.4) is 0 Å². The number of rotatable bonds is 7. The molecule has 0 fully saturated rings. The van der Waals surface area contributed by atoms with Gasteiger partial charge in [-0.05, 0) is 36.6 Å². The average Bonchev–Trinajstić information content (AvgIpc) is 2.61. The maximum atomic E-state index is 12.9. The number of halogens is 2. The quantitative estimate of drug-likeness (QED) is 0.726. The van der Waals surface area contributed by atoms with Crippen molar-refractivity contribution in [1.82, 2.24) is 0 Å². The van der Waals surface area contributed by atoms with Crippen molar-refractivity contribution in [2.45, 2.75) is 46.6 Å². The SMILES string of the molecule is CCC(=O)Nc1cc(C(F)F)ccc1COc1ccc(CC)cc1C. The summed E-state index contributed by atoms with van der Waals surface area (Å²) in [5.74, 6) is 0.513. The van der Waals surface area contributed by atoms with Crippen LogP contribution in [0, 0.1) is 6.92 Å². The number of anilines is 1. The fourth-order valence-corrected chi connectivity index (χ4v) is 2.46. The second kappa shape index (κ2) is 8.60. The van der Waals surface area contributed by atoms with Gasteiger partial charge < -0.3 is 10.1 Å². The highest BCUT2D eigenvalue weighted by Crippen LogP contribution is 2.27. The number of aryl methyl sites for hydroxylation is 2. The number of hydrogen-bond donors (Lipinski definition) is 1. The van der Waals surface area contributed by atoms with Gasteiger partial charge in [0.15, 0.2) is 0 Å². The van der Waals surface area contributed by atoms with Gasteiger partial charge in [-0.15, -0.1) is 0 Å². The Labute approximate surface area is 147 Å². The predicted octanol–water partition coefficient (Wildman–Crippen LogP) is 5.42. The molecule has 2 rings (SSSR count). The summed E-state index contributed by atoms with van der Waals surface area (Å²) in [6, 6.07) is 10.2. The molecule has 3 nitrogen and oxygen atoms in total. The van der Waals surface area contributed by atoms with E-state index < -0.39 is 6.43 Å². The number of carbonyl (C=O) groups is 1. The monoisotopic (exact) mass is 347 g/mol. The zero-order valence-electron chi connectivity index (χ0n) is 14.7. The molecule has 0 bridgehead atoms. The van der Waals surface area contributed by atoms with Crippen LogP contribution in [0.5, 0.6) is 5.75 Å². The minimum atomic E-state index is -2.59. The lowest BCUT2D eigenvalue weighted by Crippen LogP contribution is -2.12. The number of carbonyl (C=O) groups excluding carboxylic acids is 1. The average molecular weight is 347 g/mol. The molecule has 2 aromatic rings. The Morgan fingerprint density at radius 2 is 1.92 bits per heavy atom. The fourth-order valence-electron chi connectivity index (χ4n) is 2.46. The van der Waals surface area contributed by atoms with E-state index in [-0.39, 0.29) is 24.5 Å². The topological polar surface area (TPSA) is 38.3 Å². The zero-order chi connectivity index (χ0) is 18.4. The summed E-state index contributed by atoms with van der Waals surface area (Å²) < 4.78 is 31.7. The van der Waals surface area contributed by atoms with Crippen molar-refractivity contribution in [2.75, 3.05) is 5.32 Å². The van der Waals surface area contributed by atoms with Gasteiger partial charge in [0.1, 0.15) is 12.4 Å². The standard InChI is InChI=1S/C20H23F2NO2/c1-4-14-6-9-18(13(3)10-14)25-12-16-8-7-15(20(21)22)11-17(16)23-19(24)5-2/h6-11,20H,4-5,12H2,1-3H3,(H,23,24). The molecule has 5 heteroatoms. The third-order valence-corrected chi connectivity index (χ3v) is 4.01. The van der Waals surface area contributed by atoms with Crippen LogP contribution < -0.4 is 10.1 Å². The molecule has 0 atom stereocenters. The number of ether oxygens (including phenoxy) is 1. The highest BCUT2D eigenvalue weighted by Gasteiger charge is 2.13. The van der Waals surface area contributed by atoms with Gasteiger partial charge in [-0.2, -0.15) is 0 Å². The smallest absolute Gasteiger partial charge is 0.263 e. The molecule has 0 aliphatic rings. The van der Waals surface area contributed by atoms with Crippen LogP contribution in [0.15, 0.2) is 36.4 Å². The second-order valence-electron chi connectivity index (χ2n) is 5.86. The third kappa shape index (κ3) is 5.02. The first-order valence-corrected chi connectivity index (χ1v) is 8.37. The third-order valence-electron chi connectivity index (χ3n) is 4.01. The molecular formula is C20H23F2NO2. The molecule has 25 heavy (non-hydrogen) atoms. The predicted molar refractivity (Wildman–Crippen MR) is 95.2 cm³/mol. The van der Waals surface area contributed by atoms with Crippen molar-refractivity contribution in [3.8, 4) is 5.75 Å². The molecular weight excluding hydrogens is 324 g/mol. The molecule has 1 N–H and O–H groups in total. The summed E-state index contributed by atoms with van der Waals surface area (Å²) in [5.41, 5.74) is 3.14.